The number of hydrogen-bond acceptors (Lipinski definition) is 3. The highest BCUT2D eigenvalue weighted by atomic mass is 16.4. The lowest BCUT2D eigenvalue weighted by molar-refractivity contribution is 0.315. The fourth-order valence-electron chi connectivity index (χ4n) is 1.17. The van der Waals surface area contributed by atoms with Crippen molar-refractivity contribution >= 4 is 5.84 Å². The van der Waals surface area contributed by atoms with E-state index in [0.29, 0.717) is 24.2 Å². The molecule has 0 saturated heterocycles. The predicted octanol–water partition coefficient (Wildman–Crippen LogP) is 1.54. The molecule has 0 rings (SSSR count). The lowest BCUT2D eigenvalue weighted by Gasteiger charge is -2.18. The first-order chi connectivity index (χ1) is 6.63. The lowest BCUT2D eigenvalue weighted by atomic mass is 10.1. The number of amidine groups is 1. The Morgan fingerprint density at radius 3 is 2.50 bits per heavy atom. The van der Waals surface area contributed by atoms with E-state index in [1.807, 2.05) is 0 Å². The maximum Gasteiger partial charge on any atom is 0.140 e. The Bertz CT molecular complexity index is 171. The molecule has 0 saturated carbocycles. The van der Waals surface area contributed by atoms with Crippen LogP contribution in [0.3, 0.4) is 0 Å². The van der Waals surface area contributed by atoms with Crippen LogP contribution in [-0.4, -0.2) is 23.6 Å². The van der Waals surface area contributed by atoms with Crippen LogP contribution in [0.2, 0.25) is 0 Å². The quantitative estimate of drug-likeness (QED) is 0.253. The van der Waals surface area contributed by atoms with Crippen LogP contribution in [0, 0.1) is 5.92 Å². The molecular formula is C10H23N3O. The van der Waals surface area contributed by atoms with Crippen LogP contribution in [0.25, 0.3) is 0 Å². The number of nitrogens with two attached hydrogens (primary N) is 1. The maximum atomic E-state index is 8.44. The molecule has 0 spiro atoms. The van der Waals surface area contributed by atoms with Gasteiger partial charge in [0.05, 0.1) is 0 Å². The smallest absolute Gasteiger partial charge is 0.140 e. The van der Waals surface area contributed by atoms with Gasteiger partial charge >= 0.3 is 0 Å². The van der Waals surface area contributed by atoms with Gasteiger partial charge in [0.15, 0.2) is 0 Å². The first kappa shape index (κ1) is 13.2. The van der Waals surface area contributed by atoms with Crippen molar-refractivity contribution in [2.45, 2.75) is 46.1 Å². The Hall–Kier alpha value is -0.770. The summed E-state index contributed by atoms with van der Waals surface area (Å²) in [6.07, 6.45) is 2.78. The van der Waals surface area contributed by atoms with E-state index in [-0.39, 0.29) is 0 Å². The minimum atomic E-state index is 0.300. The molecule has 0 radical (unpaired) electrons. The number of nitrogens with one attached hydrogen (secondary N) is 1. The molecule has 0 aromatic carbocycles. The molecule has 0 aromatic rings. The summed E-state index contributed by atoms with van der Waals surface area (Å²) < 4.78 is 0. The molecule has 4 nitrogen and oxygen atoms in total. The van der Waals surface area contributed by atoms with Crippen molar-refractivity contribution < 1.29 is 5.21 Å². The average molecular weight is 201 g/mol. The number of oxime groups is 1. The van der Waals surface area contributed by atoms with Crippen molar-refractivity contribution in [2.75, 3.05) is 6.54 Å². The van der Waals surface area contributed by atoms with E-state index >= 15 is 0 Å². The molecule has 4 N–H and O–H groups in total. The minimum absolute atomic E-state index is 0.300. The van der Waals surface area contributed by atoms with Gasteiger partial charge in [-0.3, -0.25) is 0 Å². The molecule has 14 heavy (non-hydrogen) atoms. The Morgan fingerprint density at radius 1 is 1.43 bits per heavy atom. The topological polar surface area (TPSA) is 70.6 Å². The summed E-state index contributed by atoms with van der Waals surface area (Å²) in [5.74, 6) is 0.977. The minimum Gasteiger partial charge on any atom is -0.409 e. The third-order valence-corrected chi connectivity index (χ3v) is 2.53. The molecule has 2 unspecified atom stereocenters. The zero-order valence-corrected chi connectivity index (χ0v) is 9.45. The summed E-state index contributed by atoms with van der Waals surface area (Å²) in [7, 11) is 0. The van der Waals surface area contributed by atoms with Crippen LogP contribution in [-0.2, 0) is 0 Å². The second-order valence-corrected chi connectivity index (χ2v) is 3.82. The molecule has 0 amide bonds. The van der Waals surface area contributed by atoms with E-state index in [4.69, 9.17) is 10.9 Å². The SMILES string of the molecule is CCC(C)CNC(CC)CC(N)=NO. The molecule has 0 aliphatic carbocycles. The van der Waals surface area contributed by atoms with Crippen molar-refractivity contribution in [3.05, 3.63) is 0 Å². The van der Waals surface area contributed by atoms with Crippen molar-refractivity contribution in [3.8, 4) is 0 Å². The van der Waals surface area contributed by atoms with Crippen LogP contribution in [0.5, 0.6) is 0 Å². The summed E-state index contributed by atoms with van der Waals surface area (Å²) in [5, 5.41) is 14.8. The van der Waals surface area contributed by atoms with Gasteiger partial charge in [-0.05, 0) is 18.9 Å². The monoisotopic (exact) mass is 201 g/mol. The van der Waals surface area contributed by atoms with Gasteiger partial charge in [0.25, 0.3) is 0 Å². The molecule has 4 heteroatoms. The first-order valence-electron chi connectivity index (χ1n) is 5.33. The summed E-state index contributed by atoms with van der Waals surface area (Å²) in [6.45, 7) is 7.48. The zero-order chi connectivity index (χ0) is 11.0. The van der Waals surface area contributed by atoms with E-state index < -0.39 is 0 Å². The zero-order valence-electron chi connectivity index (χ0n) is 9.45. The van der Waals surface area contributed by atoms with Crippen LogP contribution in [0.4, 0.5) is 0 Å². The highest BCUT2D eigenvalue weighted by Gasteiger charge is 2.09. The highest BCUT2D eigenvalue weighted by Crippen LogP contribution is 2.02. The summed E-state index contributed by atoms with van der Waals surface area (Å²) in [4.78, 5) is 0. The van der Waals surface area contributed by atoms with Crippen molar-refractivity contribution in [1.29, 1.82) is 0 Å². The molecule has 2 atom stereocenters. The first-order valence-corrected chi connectivity index (χ1v) is 5.33. The Morgan fingerprint density at radius 2 is 2.07 bits per heavy atom. The predicted molar refractivity (Wildman–Crippen MR) is 59.6 cm³/mol. The highest BCUT2D eigenvalue weighted by molar-refractivity contribution is 5.80. The fourth-order valence-corrected chi connectivity index (χ4v) is 1.17. The van der Waals surface area contributed by atoms with E-state index in [9.17, 15) is 0 Å². The van der Waals surface area contributed by atoms with E-state index in [1.165, 1.54) is 6.42 Å². The van der Waals surface area contributed by atoms with Gasteiger partial charge < -0.3 is 16.3 Å². The Labute approximate surface area is 86.6 Å². The molecule has 0 aliphatic rings. The van der Waals surface area contributed by atoms with Crippen molar-refractivity contribution in [2.24, 2.45) is 16.8 Å². The van der Waals surface area contributed by atoms with Gasteiger partial charge in [-0.2, -0.15) is 0 Å². The maximum absolute atomic E-state index is 8.44. The molecule has 84 valence electrons. The molecule has 0 fully saturated rings. The van der Waals surface area contributed by atoms with Crippen molar-refractivity contribution in [3.63, 3.8) is 0 Å². The van der Waals surface area contributed by atoms with E-state index in [1.54, 1.807) is 0 Å². The Kier molecular flexibility index (Phi) is 7.20. The molecular weight excluding hydrogens is 178 g/mol. The van der Waals surface area contributed by atoms with E-state index in [0.717, 1.165) is 13.0 Å². The molecule has 0 bridgehead atoms. The van der Waals surface area contributed by atoms with Gasteiger partial charge in [-0.15, -0.1) is 0 Å². The van der Waals surface area contributed by atoms with Crippen LogP contribution in [0.15, 0.2) is 5.16 Å². The fraction of sp³-hybridized carbons (Fsp3) is 0.900. The normalized spacial score (nSPS) is 16.6. The van der Waals surface area contributed by atoms with Gasteiger partial charge in [0.1, 0.15) is 5.84 Å². The number of hydrogen-bond donors (Lipinski definition) is 3. The summed E-state index contributed by atoms with van der Waals surface area (Å²) in [6, 6.07) is 0.319. The molecule has 0 aromatic heterocycles. The number of rotatable bonds is 7. The number of nitrogens with zero attached hydrogens (tertiary/aromatic N) is 1. The average Bonchev–Trinajstić information content (AvgIpc) is 2.22. The van der Waals surface area contributed by atoms with Crippen molar-refractivity contribution in [1.82, 2.24) is 5.32 Å². The van der Waals surface area contributed by atoms with E-state index in [2.05, 4.69) is 31.2 Å². The van der Waals surface area contributed by atoms with Gasteiger partial charge in [0, 0.05) is 12.5 Å². The van der Waals surface area contributed by atoms with Gasteiger partial charge in [-0.25, -0.2) is 0 Å². The third kappa shape index (κ3) is 5.80. The molecule has 0 heterocycles. The van der Waals surface area contributed by atoms with Crippen LogP contribution >= 0.6 is 0 Å². The second kappa shape index (κ2) is 7.62. The van der Waals surface area contributed by atoms with Crippen LogP contribution < -0.4 is 11.1 Å². The largest absolute Gasteiger partial charge is 0.409 e. The van der Waals surface area contributed by atoms with Gasteiger partial charge in [0.2, 0.25) is 0 Å². The Balaban J connectivity index is 3.79. The molecule has 0 aliphatic heterocycles. The summed E-state index contributed by atoms with van der Waals surface area (Å²) >= 11 is 0. The second-order valence-electron chi connectivity index (χ2n) is 3.82. The van der Waals surface area contributed by atoms with Gasteiger partial charge in [-0.1, -0.05) is 32.3 Å². The standard InChI is InChI=1S/C10H23N3O/c1-4-8(3)7-12-9(5-2)6-10(11)13-14/h8-9,12,14H,4-7H2,1-3H3,(H2,11,13). The lowest BCUT2D eigenvalue weighted by Crippen LogP contribution is -2.35. The summed E-state index contributed by atoms with van der Waals surface area (Å²) in [5.41, 5.74) is 5.45. The third-order valence-electron chi connectivity index (χ3n) is 2.53. The van der Waals surface area contributed by atoms with Crippen LogP contribution in [0.1, 0.15) is 40.0 Å².